The summed E-state index contributed by atoms with van der Waals surface area (Å²) in [4.78, 5) is 17.3. The van der Waals surface area contributed by atoms with Crippen molar-refractivity contribution in [2.45, 2.75) is 6.92 Å². The lowest BCUT2D eigenvalue weighted by atomic mass is 10.0. The van der Waals surface area contributed by atoms with E-state index in [0.717, 1.165) is 23.2 Å². The fourth-order valence-corrected chi connectivity index (χ4v) is 3.60. The predicted molar refractivity (Wildman–Crippen MR) is 90.4 cm³/mol. The van der Waals surface area contributed by atoms with E-state index in [1.54, 1.807) is 17.0 Å². The number of hydrogen-bond acceptors (Lipinski definition) is 4. The van der Waals surface area contributed by atoms with Crippen LogP contribution in [0, 0.1) is 6.92 Å². The third-order valence-electron chi connectivity index (χ3n) is 3.40. The van der Waals surface area contributed by atoms with Crippen molar-refractivity contribution in [1.29, 1.82) is 0 Å². The molecule has 0 unspecified atom stereocenters. The van der Waals surface area contributed by atoms with Crippen LogP contribution in [0.15, 0.2) is 27.1 Å². The summed E-state index contributed by atoms with van der Waals surface area (Å²) in [6.07, 6.45) is 0.784. The molecule has 0 radical (unpaired) electrons. The van der Waals surface area contributed by atoms with Gasteiger partial charge in [0, 0.05) is 11.3 Å². The van der Waals surface area contributed by atoms with Crippen LogP contribution in [-0.4, -0.2) is 29.7 Å². The van der Waals surface area contributed by atoms with E-state index in [1.165, 1.54) is 0 Å². The van der Waals surface area contributed by atoms with Crippen LogP contribution in [0.2, 0.25) is 0 Å². The fraction of sp³-hybridized carbons (Fsp3) is 0.200. The molecule has 0 saturated heterocycles. The number of aromatic hydroxyl groups is 1. The SMILES string of the molecule is Cc1cc(-c2cc(Br)c(O)c(Br)c2)c2c(n1)OCCN2C=O. The summed E-state index contributed by atoms with van der Waals surface area (Å²) in [5.74, 6) is 0.584. The van der Waals surface area contributed by atoms with E-state index in [9.17, 15) is 9.90 Å². The lowest BCUT2D eigenvalue weighted by Crippen LogP contribution is -2.32. The number of ether oxygens (including phenoxy) is 1. The normalized spacial score (nSPS) is 13.5. The van der Waals surface area contributed by atoms with Crippen molar-refractivity contribution in [3.63, 3.8) is 0 Å². The van der Waals surface area contributed by atoms with Crippen LogP contribution < -0.4 is 9.64 Å². The monoisotopic (exact) mass is 426 g/mol. The highest BCUT2D eigenvalue weighted by atomic mass is 79.9. The Morgan fingerprint density at radius 2 is 2.00 bits per heavy atom. The summed E-state index contributed by atoms with van der Waals surface area (Å²) in [5.41, 5.74) is 3.12. The zero-order valence-corrected chi connectivity index (χ0v) is 14.8. The second-order valence-electron chi connectivity index (χ2n) is 4.90. The Morgan fingerprint density at radius 1 is 1.32 bits per heavy atom. The molecule has 7 heteroatoms. The summed E-state index contributed by atoms with van der Waals surface area (Å²) < 4.78 is 6.73. The number of carbonyl (C=O) groups is 1. The molecule has 1 aliphatic rings. The number of hydrogen-bond donors (Lipinski definition) is 1. The molecule has 1 aliphatic heterocycles. The number of nitrogens with zero attached hydrogens (tertiary/aromatic N) is 2. The minimum absolute atomic E-state index is 0.131. The summed E-state index contributed by atoms with van der Waals surface area (Å²) in [5, 5.41) is 9.87. The molecule has 2 heterocycles. The molecule has 0 saturated carbocycles. The molecule has 3 rings (SSSR count). The highest BCUT2D eigenvalue weighted by Gasteiger charge is 2.24. The molecular weight excluding hydrogens is 416 g/mol. The topological polar surface area (TPSA) is 62.7 Å². The second-order valence-corrected chi connectivity index (χ2v) is 6.61. The number of aromatic nitrogens is 1. The van der Waals surface area contributed by atoms with Gasteiger partial charge in [0.2, 0.25) is 12.3 Å². The van der Waals surface area contributed by atoms with Crippen LogP contribution >= 0.6 is 31.9 Å². The molecule has 1 N–H and O–H groups in total. The Bertz CT molecular complexity index is 742. The number of pyridine rings is 1. The molecule has 22 heavy (non-hydrogen) atoms. The van der Waals surface area contributed by atoms with Gasteiger partial charge in [-0.2, -0.15) is 0 Å². The van der Waals surface area contributed by atoms with E-state index in [4.69, 9.17) is 4.74 Å². The average Bonchev–Trinajstić information content (AvgIpc) is 2.50. The molecule has 1 amide bonds. The first-order valence-electron chi connectivity index (χ1n) is 6.56. The van der Waals surface area contributed by atoms with Gasteiger partial charge < -0.3 is 14.7 Å². The molecule has 1 aromatic carbocycles. The van der Waals surface area contributed by atoms with E-state index in [2.05, 4.69) is 36.8 Å². The number of aryl methyl sites for hydroxylation is 1. The third kappa shape index (κ3) is 2.59. The van der Waals surface area contributed by atoms with Crippen molar-refractivity contribution in [2.24, 2.45) is 0 Å². The number of fused-ring (bicyclic) bond motifs is 1. The number of phenols is 1. The first-order valence-corrected chi connectivity index (χ1v) is 8.14. The molecule has 1 aromatic heterocycles. The van der Waals surface area contributed by atoms with E-state index < -0.39 is 0 Å². The first-order chi connectivity index (χ1) is 10.5. The number of halogens is 2. The summed E-state index contributed by atoms with van der Waals surface area (Å²) in [7, 11) is 0. The maximum atomic E-state index is 11.4. The number of phenolic OH excluding ortho intramolecular Hbond substituents is 1. The van der Waals surface area contributed by atoms with Crippen LogP contribution in [-0.2, 0) is 4.79 Å². The van der Waals surface area contributed by atoms with E-state index in [-0.39, 0.29) is 5.75 Å². The Hall–Kier alpha value is -1.60. The number of rotatable bonds is 2. The van der Waals surface area contributed by atoms with Crippen molar-refractivity contribution < 1.29 is 14.6 Å². The van der Waals surface area contributed by atoms with Gasteiger partial charge in [-0.1, -0.05) is 0 Å². The highest BCUT2D eigenvalue weighted by Crippen LogP contribution is 2.43. The summed E-state index contributed by atoms with van der Waals surface area (Å²) >= 11 is 6.66. The lowest BCUT2D eigenvalue weighted by Gasteiger charge is -2.28. The molecule has 0 aliphatic carbocycles. The van der Waals surface area contributed by atoms with Gasteiger partial charge in [0.1, 0.15) is 18.0 Å². The van der Waals surface area contributed by atoms with Gasteiger partial charge in [0.25, 0.3) is 0 Å². The van der Waals surface area contributed by atoms with Gasteiger partial charge in [-0.15, -0.1) is 0 Å². The van der Waals surface area contributed by atoms with E-state index in [1.807, 2.05) is 13.0 Å². The average molecular weight is 428 g/mol. The minimum Gasteiger partial charge on any atom is -0.506 e. The smallest absolute Gasteiger partial charge is 0.238 e. The first kappa shape index (κ1) is 15.3. The van der Waals surface area contributed by atoms with Crippen molar-refractivity contribution in [2.75, 3.05) is 18.1 Å². The lowest BCUT2D eigenvalue weighted by molar-refractivity contribution is -0.107. The Morgan fingerprint density at radius 3 is 2.64 bits per heavy atom. The van der Waals surface area contributed by atoms with Gasteiger partial charge in [-0.25, -0.2) is 4.98 Å². The van der Waals surface area contributed by atoms with E-state index >= 15 is 0 Å². The standard InChI is InChI=1S/C15H12Br2N2O3/c1-8-4-10(9-5-11(16)14(21)12(17)6-9)13-15(18-8)22-3-2-19(13)7-20/h4-7,21H,2-3H2,1H3. The van der Waals surface area contributed by atoms with E-state index in [0.29, 0.717) is 33.7 Å². The Labute approximate surface area is 144 Å². The number of anilines is 1. The number of benzene rings is 1. The van der Waals surface area contributed by atoms with Crippen LogP contribution in [0.4, 0.5) is 5.69 Å². The zero-order valence-electron chi connectivity index (χ0n) is 11.6. The molecule has 5 nitrogen and oxygen atoms in total. The fourth-order valence-electron chi connectivity index (χ4n) is 2.41. The van der Waals surface area contributed by atoms with Gasteiger partial charge in [0.15, 0.2) is 0 Å². The van der Waals surface area contributed by atoms with Crippen molar-refractivity contribution >= 4 is 44.0 Å². The molecule has 0 fully saturated rings. The maximum Gasteiger partial charge on any atom is 0.238 e. The minimum atomic E-state index is 0.131. The predicted octanol–water partition coefficient (Wildman–Crippen LogP) is 3.64. The number of amides is 1. The van der Waals surface area contributed by atoms with Crippen molar-refractivity contribution in [1.82, 2.24) is 4.98 Å². The molecule has 0 bridgehead atoms. The molecule has 0 atom stereocenters. The summed E-state index contributed by atoms with van der Waals surface area (Å²) in [6, 6.07) is 5.49. The summed E-state index contributed by atoms with van der Waals surface area (Å²) in [6.45, 7) is 2.77. The van der Waals surface area contributed by atoms with Crippen LogP contribution in [0.5, 0.6) is 11.6 Å². The van der Waals surface area contributed by atoms with Crippen LogP contribution in [0.1, 0.15) is 5.69 Å². The Kier molecular flexibility index (Phi) is 4.10. The zero-order chi connectivity index (χ0) is 15.9. The van der Waals surface area contributed by atoms with Gasteiger partial charge in [0.05, 0.1) is 15.5 Å². The quantitative estimate of drug-likeness (QED) is 0.743. The second kappa shape index (κ2) is 5.89. The van der Waals surface area contributed by atoms with Crippen LogP contribution in [0.25, 0.3) is 11.1 Å². The maximum absolute atomic E-state index is 11.4. The molecule has 114 valence electrons. The molecular formula is C15H12Br2N2O3. The molecule has 2 aromatic rings. The molecule has 0 spiro atoms. The van der Waals surface area contributed by atoms with Gasteiger partial charge >= 0.3 is 0 Å². The van der Waals surface area contributed by atoms with Crippen LogP contribution in [0.3, 0.4) is 0 Å². The number of carbonyl (C=O) groups excluding carboxylic acids is 1. The Balaban J connectivity index is 2.27. The van der Waals surface area contributed by atoms with Gasteiger partial charge in [-0.3, -0.25) is 4.79 Å². The third-order valence-corrected chi connectivity index (χ3v) is 4.61. The van der Waals surface area contributed by atoms with Crippen molar-refractivity contribution in [3.8, 4) is 22.8 Å². The van der Waals surface area contributed by atoms with Crippen molar-refractivity contribution in [3.05, 3.63) is 32.8 Å². The largest absolute Gasteiger partial charge is 0.506 e. The van der Waals surface area contributed by atoms with Gasteiger partial charge in [-0.05, 0) is 62.5 Å². The highest BCUT2D eigenvalue weighted by molar-refractivity contribution is 9.11.